The predicted molar refractivity (Wildman–Crippen MR) is 85.5 cm³/mol. The fraction of sp³-hybridized carbons (Fsp3) is 0.933. The minimum absolute atomic E-state index is 0.0291. The quantitative estimate of drug-likeness (QED) is 0.431. The van der Waals surface area contributed by atoms with E-state index in [9.17, 15) is 9.90 Å². The lowest BCUT2D eigenvalue weighted by atomic mass is 9.73. The number of halogens is 1. The summed E-state index contributed by atoms with van der Waals surface area (Å²) in [4.78, 5) is 11.8. The van der Waals surface area contributed by atoms with Crippen LogP contribution in [0.4, 0.5) is 0 Å². The lowest BCUT2D eigenvalue weighted by Gasteiger charge is -2.39. The molecule has 1 saturated carbocycles. The molecule has 3 nitrogen and oxygen atoms in total. The van der Waals surface area contributed by atoms with E-state index in [1.807, 2.05) is 6.92 Å². The van der Waals surface area contributed by atoms with Gasteiger partial charge in [-0.3, -0.25) is 4.79 Å². The molecule has 0 radical (unpaired) electrons. The second-order valence-corrected chi connectivity index (χ2v) is 7.10. The molecule has 0 aromatic rings. The standard InChI is InChI=1S/C15H27IO3/c1-4-13(16)14(17)19-12-9-7-11(8-10-12)15(18,5-2)6-3/h11-13,18H,4-10H2,1-3H3. The van der Waals surface area contributed by atoms with Crippen LogP contribution in [0.2, 0.25) is 0 Å². The van der Waals surface area contributed by atoms with E-state index >= 15 is 0 Å². The molecule has 0 aliphatic heterocycles. The largest absolute Gasteiger partial charge is 0.462 e. The van der Waals surface area contributed by atoms with Crippen molar-refractivity contribution in [3.63, 3.8) is 0 Å². The number of hydrogen-bond donors (Lipinski definition) is 1. The fourth-order valence-corrected chi connectivity index (χ4v) is 3.10. The first-order valence-electron chi connectivity index (χ1n) is 7.53. The van der Waals surface area contributed by atoms with Gasteiger partial charge in [-0.05, 0) is 50.9 Å². The van der Waals surface area contributed by atoms with Gasteiger partial charge in [0.1, 0.15) is 10.0 Å². The first-order chi connectivity index (χ1) is 8.96. The Bertz CT molecular complexity index is 281. The molecule has 0 aromatic heterocycles. The number of carbonyl (C=O) groups excluding carboxylic acids is 1. The Labute approximate surface area is 130 Å². The van der Waals surface area contributed by atoms with Gasteiger partial charge in [0.2, 0.25) is 0 Å². The van der Waals surface area contributed by atoms with Gasteiger partial charge >= 0.3 is 5.97 Å². The summed E-state index contributed by atoms with van der Waals surface area (Å²) in [5.74, 6) is 0.284. The van der Waals surface area contributed by atoms with Gasteiger partial charge in [-0.25, -0.2) is 0 Å². The van der Waals surface area contributed by atoms with Crippen LogP contribution in [0.25, 0.3) is 0 Å². The molecular formula is C15H27IO3. The van der Waals surface area contributed by atoms with Gasteiger partial charge in [0.05, 0.1) is 5.60 Å². The summed E-state index contributed by atoms with van der Waals surface area (Å²) in [7, 11) is 0. The average Bonchev–Trinajstić information content (AvgIpc) is 2.46. The first kappa shape index (κ1) is 17.2. The molecule has 1 fully saturated rings. The Morgan fingerprint density at radius 1 is 1.26 bits per heavy atom. The van der Waals surface area contributed by atoms with E-state index in [-0.39, 0.29) is 16.0 Å². The molecule has 112 valence electrons. The number of aliphatic hydroxyl groups is 1. The van der Waals surface area contributed by atoms with Crippen LogP contribution in [0.1, 0.15) is 65.7 Å². The van der Waals surface area contributed by atoms with Gasteiger partial charge in [0, 0.05) is 0 Å². The predicted octanol–water partition coefficient (Wildman–Crippen LogP) is 3.85. The summed E-state index contributed by atoms with van der Waals surface area (Å²) in [6.07, 6.45) is 6.22. The topological polar surface area (TPSA) is 46.5 Å². The molecule has 0 saturated heterocycles. The van der Waals surface area contributed by atoms with Gasteiger partial charge < -0.3 is 9.84 Å². The highest BCUT2D eigenvalue weighted by molar-refractivity contribution is 14.1. The fourth-order valence-electron chi connectivity index (χ4n) is 2.95. The third-order valence-corrected chi connectivity index (χ3v) is 5.94. The second kappa shape index (κ2) is 7.81. The number of ether oxygens (including phenoxy) is 1. The molecule has 0 bridgehead atoms. The lowest BCUT2D eigenvalue weighted by Crippen LogP contribution is -2.40. The molecule has 4 heteroatoms. The average molecular weight is 382 g/mol. The zero-order chi connectivity index (χ0) is 14.5. The first-order valence-corrected chi connectivity index (χ1v) is 8.78. The van der Waals surface area contributed by atoms with Crippen LogP contribution in [-0.2, 0) is 9.53 Å². The van der Waals surface area contributed by atoms with Gasteiger partial charge in [-0.1, -0.05) is 43.4 Å². The SMILES string of the molecule is CCC(I)C(=O)OC1CCC(C(O)(CC)CC)CC1. The van der Waals surface area contributed by atoms with Gasteiger partial charge in [-0.2, -0.15) is 0 Å². The summed E-state index contributed by atoms with van der Waals surface area (Å²) in [6.45, 7) is 6.10. The lowest BCUT2D eigenvalue weighted by molar-refractivity contribution is -0.151. The summed E-state index contributed by atoms with van der Waals surface area (Å²) in [5, 5.41) is 10.5. The smallest absolute Gasteiger partial charge is 0.319 e. The maximum Gasteiger partial charge on any atom is 0.319 e. The van der Waals surface area contributed by atoms with Crippen LogP contribution in [0.3, 0.4) is 0 Å². The van der Waals surface area contributed by atoms with E-state index in [0.717, 1.165) is 44.9 Å². The van der Waals surface area contributed by atoms with Crippen LogP contribution < -0.4 is 0 Å². The molecule has 1 aliphatic rings. The Morgan fingerprint density at radius 2 is 1.79 bits per heavy atom. The number of esters is 1. The van der Waals surface area contributed by atoms with E-state index in [4.69, 9.17) is 4.74 Å². The van der Waals surface area contributed by atoms with Crippen molar-refractivity contribution < 1.29 is 14.6 Å². The number of hydrogen-bond acceptors (Lipinski definition) is 3. The monoisotopic (exact) mass is 382 g/mol. The minimum atomic E-state index is -0.524. The van der Waals surface area contributed by atoms with Crippen LogP contribution in [0, 0.1) is 5.92 Å². The van der Waals surface area contributed by atoms with Crippen LogP contribution in [0.5, 0.6) is 0 Å². The summed E-state index contributed by atoms with van der Waals surface area (Å²) >= 11 is 2.14. The van der Waals surface area contributed by atoms with Crippen molar-refractivity contribution in [1.29, 1.82) is 0 Å². The number of alkyl halides is 1. The highest BCUT2D eigenvalue weighted by Gasteiger charge is 2.37. The molecule has 0 heterocycles. The number of carbonyl (C=O) groups is 1. The van der Waals surface area contributed by atoms with E-state index in [2.05, 4.69) is 36.4 Å². The Morgan fingerprint density at radius 3 is 2.21 bits per heavy atom. The maximum absolute atomic E-state index is 11.8. The van der Waals surface area contributed by atoms with E-state index < -0.39 is 5.60 Å². The Kier molecular flexibility index (Phi) is 7.08. The third kappa shape index (κ3) is 4.59. The van der Waals surface area contributed by atoms with Gasteiger partial charge in [0.25, 0.3) is 0 Å². The maximum atomic E-state index is 11.8. The van der Waals surface area contributed by atoms with Crippen LogP contribution in [-0.4, -0.2) is 26.7 Å². The van der Waals surface area contributed by atoms with Crippen molar-refractivity contribution in [2.45, 2.75) is 81.3 Å². The summed E-state index contributed by atoms with van der Waals surface area (Å²) < 4.78 is 5.52. The normalized spacial score (nSPS) is 25.9. The zero-order valence-electron chi connectivity index (χ0n) is 12.3. The second-order valence-electron chi connectivity index (χ2n) is 5.60. The Hall–Kier alpha value is 0.160. The van der Waals surface area contributed by atoms with Gasteiger partial charge in [-0.15, -0.1) is 0 Å². The van der Waals surface area contributed by atoms with Crippen molar-refractivity contribution in [3.05, 3.63) is 0 Å². The molecule has 1 atom stereocenters. The van der Waals surface area contributed by atoms with Crippen LogP contribution in [0.15, 0.2) is 0 Å². The van der Waals surface area contributed by atoms with Crippen molar-refractivity contribution >= 4 is 28.6 Å². The van der Waals surface area contributed by atoms with E-state index in [1.165, 1.54) is 0 Å². The van der Waals surface area contributed by atoms with Crippen molar-refractivity contribution in [3.8, 4) is 0 Å². The van der Waals surface area contributed by atoms with Crippen molar-refractivity contribution in [2.24, 2.45) is 5.92 Å². The number of rotatable bonds is 6. The van der Waals surface area contributed by atoms with Gasteiger partial charge in [0.15, 0.2) is 0 Å². The highest BCUT2D eigenvalue weighted by Crippen LogP contribution is 2.37. The highest BCUT2D eigenvalue weighted by atomic mass is 127. The molecule has 1 N–H and O–H groups in total. The summed E-state index contributed by atoms with van der Waals surface area (Å²) in [6, 6.07) is 0. The Balaban J connectivity index is 2.43. The molecular weight excluding hydrogens is 355 g/mol. The van der Waals surface area contributed by atoms with Crippen molar-refractivity contribution in [1.82, 2.24) is 0 Å². The molecule has 1 rings (SSSR count). The van der Waals surface area contributed by atoms with Crippen molar-refractivity contribution in [2.75, 3.05) is 0 Å². The molecule has 19 heavy (non-hydrogen) atoms. The molecule has 0 aromatic carbocycles. The molecule has 1 unspecified atom stereocenters. The molecule has 0 spiro atoms. The molecule has 1 aliphatic carbocycles. The third-order valence-electron chi connectivity index (χ3n) is 4.56. The molecule has 0 amide bonds. The summed E-state index contributed by atoms with van der Waals surface area (Å²) in [5.41, 5.74) is -0.524. The van der Waals surface area contributed by atoms with E-state index in [1.54, 1.807) is 0 Å². The zero-order valence-corrected chi connectivity index (χ0v) is 14.5. The van der Waals surface area contributed by atoms with E-state index in [0.29, 0.717) is 5.92 Å². The van der Waals surface area contributed by atoms with Crippen LogP contribution >= 0.6 is 22.6 Å². The minimum Gasteiger partial charge on any atom is -0.462 e.